The van der Waals surface area contributed by atoms with Crippen molar-refractivity contribution in [1.29, 1.82) is 0 Å². The third-order valence-corrected chi connectivity index (χ3v) is 3.14. The van der Waals surface area contributed by atoms with Gasteiger partial charge in [0.25, 0.3) is 0 Å². The van der Waals surface area contributed by atoms with Gasteiger partial charge in [0.05, 0.1) is 11.6 Å². The van der Waals surface area contributed by atoms with E-state index in [0.29, 0.717) is 12.5 Å². The van der Waals surface area contributed by atoms with Gasteiger partial charge in [0.2, 0.25) is 0 Å². The maximum atomic E-state index is 13.5. The molecule has 16 heavy (non-hydrogen) atoms. The van der Waals surface area contributed by atoms with Gasteiger partial charge in [-0.15, -0.1) is 0 Å². The Morgan fingerprint density at radius 2 is 2.12 bits per heavy atom. The molecule has 2 rings (SSSR count). The molecule has 0 spiro atoms. The van der Waals surface area contributed by atoms with E-state index in [9.17, 15) is 4.39 Å². The first kappa shape index (κ1) is 11.7. The molecule has 1 aromatic rings. The number of nitrogens with one attached hydrogen (secondary N) is 1. The van der Waals surface area contributed by atoms with E-state index in [4.69, 9.17) is 16.3 Å². The van der Waals surface area contributed by atoms with Crippen LogP contribution in [0.4, 0.5) is 4.39 Å². The summed E-state index contributed by atoms with van der Waals surface area (Å²) in [6.45, 7) is 2.61. The van der Waals surface area contributed by atoms with Gasteiger partial charge >= 0.3 is 0 Å². The van der Waals surface area contributed by atoms with E-state index in [0.717, 1.165) is 25.9 Å². The van der Waals surface area contributed by atoms with Crippen molar-refractivity contribution < 1.29 is 9.13 Å². The summed E-state index contributed by atoms with van der Waals surface area (Å²) in [6.07, 6.45) is 2.17. The first-order valence-corrected chi connectivity index (χ1v) is 5.92. The van der Waals surface area contributed by atoms with Crippen LogP contribution in [-0.4, -0.2) is 19.7 Å². The molecule has 0 aromatic heterocycles. The number of ether oxygens (including phenoxy) is 1. The van der Waals surface area contributed by atoms with Crippen LogP contribution in [0.3, 0.4) is 0 Å². The molecule has 0 bridgehead atoms. The lowest BCUT2D eigenvalue weighted by Crippen LogP contribution is -2.30. The minimum atomic E-state index is -0.460. The minimum Gasteiger partial charge on any atom is -0.490 e. The van der Waals surface area contributed by atoms with Gasteiger partial charge in [0.1, 0.15) is 0 Å². The van der Waals surface area contributed by atoms with Gasteiger partial charge in [0, 0.05) is 0 Å². The first-order chi connectivity index (χ1) is 7.77. The third-order valence-electron chi connectivity index (χ3n) is 2.85. The van der Waals surface area contributed by atoms with Crippen molar-refractivity contribution in [2.45, 2.75) is 12.8 Å². The van der Waals surface area contributed by atoms with Crippen LogP contribution in [0.1, 0.15) is 12.8 Å². The second-order valence-corrected chi connectivity index (χ2v) is 4.46. The maximum Gasteiger partial charge on any atom is 0.183 e. The maximum absolute atomic E-state index is 13.5. The zero-order valence-corrected chi connectivity index (χ0v) is 9.77. The van der Waals surface area contributed by atoms with Gasteiger partial charge in [-0.1, -0.05) is 17.7 Å². The van der Waals surface area contributed by atoms with E-state index in [1.54, 1.807) is 12.1 Å². The SMILES string of the molecule is Fc1c(Cl)cccc1OCC1CCNCC1. The molecule has 88 valence electrons. The fraction of sp³-hybridized carbons (Fsp3) is 0.500. The lowest BCUT2D eigenvalue weighted by molar-refractivity contribution is 0.208. The molecule has 1 heterocycles. The average molecular weight is 244 g/mol. The summed E-state index contributed by atoms with van der Waals surface area (Å²) in [4.78, 5) is 0. The molecule has 1 aliphatic heterocycles. The van der Waals surface area contributed by atoms with Crippen LogP contribution in [0.5, 0.6) is 5.75 Å². The second kappa shape index (κ2) is 5.51. The summed E-state index contributed by atoms with van der Waals surface area (Å²) >= 11 is 5.67. The molecule has 0 aliphatic carbocycles. The number of hydrogen-bond donors (Lipinski definition) is 1. The number of rotatable bonds is 3. The van der Waals surface area contributed by atoms with Crippen molar-refractivity contribution in [3.63, 3.8) is 0 Å². The van der Waals surface area contributed by atoms with Gasteiger partial charge in [-0.3, -0.25) is 0 Å². The summed E-state index contributed by atoms with van der Waals surface area (Å²) in [5.74, 6) is 0.309. The monoisotopic (exact) mass is 243 g/mol. The van der Waals surface area contributed by atoms with Gasteiger partial charge in [-0.05, 0) is 44.0 Å². The fourth-order valence-corrected chi connectivity index (χ4v) is 2.02. The van der Waals surface area contributed by atoms with Crippen molar-refractivity contribution in [3.05, 3.63) is 29.0 Å². The predicted octanol–water partition coefficient (Wildman–Crippen LogP) is 2.86. The molecule has 1 saturated heterocycles. The number of halogens is 2. The van der Waals surface area contributed by atoms with Gasteiger partial charge in [0.15, 0.2) is 11.6 Å². The Kier molecular flexibility index (Phi) is 4.02. The van der Waals surface area contributed by atoms with E-state index in [2.05, 4.69) is 5.32 Å². The van der Waals surface area contributed by atoms with Gasteiger partial charge < -0.3 is 10.1 Å². The molecule has 0 atom stereocenters. The van der Waals surface area contributed by atoms with E-state index in [1.807, 2.05) is 0 Å². The summed E-state index contributed by atoms with van der Waals surface area (Å²) in [6, 6.07) is 4.83. The molecule has 0 amide bonds. The predicted molar refractivity (Wildman–Crippen MR) is 62.5 cm³/mol. The molecular weight excluding hydrogens is 229 g/mol. The highest BCUT2D eigenvalue weighted by Gasteiger charge is 2.15. The lowest BCUT2D eigenvalue weighted by Gasteiger charge is -2.22. The van der Waals surface area contributed by atoms with Crippen LogP contribution in [-0.2, 0) is 0 Å². The fourth-order valence-electron chi connectivity index (χ4n) is 1.85. The lowest BCUT2D eigenvalue weighted by atomic mass is 9.99. The largest absolute Gasteiger partial charge is 0.490 e. The van der Waals surface area contributed by atoms with Crippen molar-refractivity contribution >= 4 is 11.6 Å². The molecule has 1 fully saturated rings. The zero-order chi connectivity index (χ0) is 11.4. The summed E-state index contributed by atoms with van der Waals surface area (Å²) in [5, 5.41) is 3.40. The molecule has 1 aliphatic rings. The van der Waals surface area contributed by atoms with E-state index in [1.165, 1.54) is 6.07 Å². The molecule has 4 heteroatoms. The molecule has 0 saturated carbocycles. The normalized spacial score (nSPS) is 17.4. The Morgan fingerprint density at radius 1 is 1.38 bits per heavy atom. The quantitative estimate of drug-likeness (QED) is 0.882. The number of piperidine rings is 1. The van der Waals surface area contributed by atoms with Crippen molar-refractivity contribution in [3.8, 4) is 5.75 Å². The van der Waals surface area contributed by atoms with Crippen LogP contribution in [0, 0.1) is 11.7 Å². The van der Waals surface area contributed by atoms with E-state index >= 15 is 0 Å². The highest BCUT2D eigenvalue weighted by atomic mass is 35.5. The summed E-state index contributed by atoms with van der Waals surface area (Å²) in [5.41, 5.74) is 0. The molecular formula is C12H15ClFNO. The Labute approximate surface area is 99.7 Å². The summed E-state index contributed by atoms with van der Waals surface area (Å²) in [7, 11) is 0. The van der Waals surface area contributed by atoms with Crippen molar-refractivity contribution in [2.75, 3.05) is 19.7 Å². The van der Waals surface area contributed by atoms with Crippen LogP contribution in [0.25, 0.3) is 0 Å². The summed E-state index contributed by atoms with van der Waals surface area (Å²) < 4.78 is 19.0. The first-order valence-electron chi connectivity index (χ1n) is 5.55. The Bertz CT molecular complexity index is 353. The standard InChI is InChI=1S/C12H15ClFNO/c13-10-2-1-3-11(12(10)14)16-8-9-4-6-15-7-5-9/h1-3,9,15H,4-8H2. The Balaban J connectivity index is 1.91. The third kappa shape index (κ3) is 2.86. The van der Waals surface area contributed by atoms with Crippen molar-refractivity contribution in [1.82, 2.24) is 5.32 Å². The van der Waals surface area contributed by atoms with Crippen molar-refractivity contribution in [2.24, 2.45) is 5.92 Å². The Morgan fingerprint density at radius 3 is 2.88 bits per heavy atom. The second-order valence-electron chi connectivity index (χ2n) is 4.06. The van der Waals surface area contributed by atoms with Crippen LogP contribution < -0.4 is 10.1 Å². The van der Waals surface area contributed by atoms with Gasteiger partial charge in [-0.25, -0.2) is 4.39 Å². The minimum absolute atomic E-state index is 0.114. The molecule has 0 radical (unpaired) electrons. The van der Waals surface area contributed by atoms with E-state index < -0.39 is 5.82 Å². The number of benzene rings is 1. The van der Waals surface area contributed by atoms with E-state index in [-0.39, 0.29) is 10.8 Å². The van der Waals surface area contributed by atoms with Crippen LogP contribution in [0.15, 0.2) is 18.2 Å². The number of hydrogen-bond acceptors (Lipinski definition) is 2. The Hall–Kier alpha value is -0.800. The molecule has 1 N–H and O–H groups in total. The average Bonchev–Trinajstić information content (AvgIpc) is 2.32. The zero-order valence-electron chi connectivity index (χ0n) is 9.01. The topological polar surface area (TPSA) is 21.3 Å². The van der Waals surface area contributed by atoms with Gasteiger partial charge in [-0.2, -0.15) is 0 Å². The smallest absolute Gasteiger partial charge is 0.183 e. The van der Waals surface area contributed by atoms with Crippen LogP contribution in [0.2, 0.25) is 5.02 Å². The highest BCUT2D eigenvalue weighted by molar-refractivity contribution is 6.30. The molecule has 2 nitrogen and oxygen atoms in total. The molecule has 0 unspecified atom stereocenters. The highest BCUT2D eigenvalue weighted by Crippen LogP contribution is 2.25. The van der Waals surface area contributed by atoms with Crippen LogP contribution >= 0.6 is 11.6 Å². The molecule has 1 aromatic carbocycles.